The van der Waals surface area contributed by atoms with Gasteiger partial charge in [-0.15, -0.1) is 0 Å². The van der Waals surface area contributed by atoms with Crippen LogP contribution in [0.5, 0.6) is 0 Å². The largest absolute Gasteiger partial charge is 0.360 e. The van der Waals surface area contributed by atoms with Crippen molar-refractivity contribution in [1.82, 2.24) is 9.80 Å². The maximum absolute atomic E-state index is 12.7. The highest BCUT2D eigenvalue weighted by Gasteiger charge is 2.36. The Labute approximate surface area is 178 Å². The minimum Gasteiger partial charge on any atom is -0.360 e. The zero-order valence-electron chi connectivity index (χ0n) is 18.5. The molecule has 0 spiro atoms. The third-order valence-electron chi connectivity index (χ3n) is 5.72. The lowest BCUT2D eigenvalue weighted by atomic mass is 9.85. The molecule has 0 radical (unpaired) electrons. The number of nitrogens with zero attached hydrogens (tertiary/aromatic N) is 3. The summed E-state index contributed by atoms with van der Waals surface area (Å²) < 4.78 is 0. The second-order valence-corrected chi connectivity index (χ2v) is 9.10. The smallest absolute Gasteiger partial charge is 0.265 e. The summed E-state index contributed by atoms with van der Waals surface area (Å²) in [7, 11) is 3.19. The number of anilines is 1. The highest BCUT2D eigenvalue weighted by molar-refractivity contribution is 7.80. The first kappa shape index (κ1) is 21.2. The summed E-state index contributed by atoms with van der Waals surface area (Å²) in [5, 5.41) is 0.216. The van der Waals surface area contributed by atoms with Crippen LogP contribution in [0.3, 0.4) is 0 Å². The van der Waals surface area contributed by atoms with Gasteiger partial charge in [0.1, 0.15) is 5.57 Å². The SMILES string of the molecule is CC1=CC(C)(C)N(C(C)C)c2cc(C)c(C=C3C(=O)N(C)C(=S)N(C)C3=O)cc21. The minimum absolute atomic E-state index is 0.0892. The van der Waals surface area contributed by atoms with Gasteiger partial charge in [0.15, 0.2) is 5.11 Å². The Morgan fingerprint density at radius 3 is 2.10 bits per heavy atom. The van der Waals surface area contributed by atoms with Crippen LogP contribution in [0, 0.1) is 6.92 Å². The number of likely N-dealkylation sites (N-methyl/N-ethyl adjacent to an activating group) is 2. The summed E-state index contributed by atoms with van der Waals surface area (Å²) in [6.45, 7) is 13.0. The molecular formula is C23H29N3O2S. The van der Waals surface area contributed by atoms with Crippen LogP contribution < -0.4 is 4.90 Å². The van der Waals surface area contributed by atoms with E-state index < -0.39 is 0 Å². The zero-order valence-corrected chi connectivity index (χ0v) is 19.3. The molecule has 0 unspecified atom stereocenters. The van der Waals surface area contributed by atoms with Gasteiger partial charge >= 0.3 is 0 Å². The fourth-order valence-electron chi connectivity index (χ4n) is 4.44. The number of carbonyl (C=O) groups excluding carboxylic acids is 2. The molecule has 3 rings (SSSR count). The molecule has 0 saturated carbocycles. The average molecular weight is 412 g/mol. The molecule has 154 valence electrons. The molecule has 0 N–H and O–H groups in total. The van der Waals surface area contributed by atoms with Gasteiger partial charge in [-0.1, -0.05) is 6.08 Å². The number of hydrogen-bond acceptors (Lipinski definition) is 4. The third kappa shape index (κ3) is 3.39. The highest BCUT2D eigenvalue weighted by atomic mass is 32.1. The van der Waals surface area contributed by atoms with Crippen LogP contribution in [0.25, 0.3) is 11.6 Å². The minimum atomic E-state index is -0.368. The van der Waals surface area contributed by atoms with Gasteiger partial charge in [0.25, 0.3) is 11.8 Å². The van der Waals surface area contributed by atoms with Gasteiger partial charge in [-0.25, -0.2) is 0 Å². The molecule has 5 nitrogen and oxygen atoms in total. The van der Waals surface area contributed by atoms with Crippen LogP contribution in [0.4, 0.5) is 5.69 Å². The molecule has 1 aromatic carbocycles. The van der Waals surface area contributed by atoms with E-state index >= 15 is 0 Å². The average Bonchev–Trinajstić information content (AvgIpc) is 2.61. The number of carbonyl (C=O) groups is 2. The molecule has 0 aliphatic carbocycles. The van der Waals surface area contributed by atoms with E-state index in [0.717, 1.165) is 16.7 Å². The van der Waals surface area contributed by atoms with Crippen molar-refractivity contribution in [2.24, 2.45) is 0 Å². The topological polar surface area (TPSA) is 43.9 Å². The molecule has 0 aromatic heterocycles. The van der Waals surface area contributed by atoms with Crippen LogP contribution >= 0.6 is 12.2 Å². The Kier molecular flexibility index (Phi) is 5.20. The number of benzene rings is 1. The first-order valence-corrected chi connectivity index (χ1v) is 10.2. The molecule has 1 saturated heterocycles. The molecule has 1 fully saturated rings. The number of aryl methyl sites for hydroxylation is 1. The molecule has 2 amide bonds. The van der Waals surface area contributed by atoms with E-state index in [4.69, 9.17) is 12.2 Å². The zero-order chi connectivity index (χ0) is 21.8. The van der Waals surface area contributed by atoms with E-state index in [2.05, 4.69) is 57.7 Å². The summed E-state index contributed by atoms with van der Waals surface area (Å²) in [6.07, 6.45) is 3.97. The van der Waals surface area contributed by atoms with Crippen molar-refractivity contribution < 1.29 is 9.59 Å². The normalized spacial score (nSPS) is 19.1. The predicted octanol–water partition coefficient (Wildman–Crippen LogP) is 4.00. The first-order chi connectivity index (χ1) is 13.4. The van der Waals surface area contributed by atoms with Crippen molar-refractivity contribution in [3.8, 4) is 0 Å². The van der Waals surface area contributed by atoms with Crippen molar-refractivity contribution >= 4 is 46.5 Å². The van der Waals surface area contributed by atoms with Crippen LogP contribution in [0.2, 0.25) is 0 Å². The van der Waals surface area contributed by atoms with Crippen molar-refractivity contribution in [3.63, 3.8) is 0 Å². The van der Waals surface area contributed by atoms with E-state index in [1.165, 1.54) is 21.1 Å². The van der Waals surface area contributed by atoms with Crippen molar-refractivity contribution in [2.45, 2.75) is 53.1 Å². The summed E-state index contributed by atoms with van der Waals surface area (Å²) in [6, 6.07) is 4.58. The van der Waals surface area contributed by atoms with Gasteiger partial charge in [-0.3, -0.25) is 19.4 Å². The number of rotatable bonds is 2. The van der Waals surface area contributed by atoms with Crippen LogP contribution in [-0.4, -0.2) is 52.4 Å². The van der Waals surface area contributed by atoms with Crippen LogP contribution in [0.1, 0.15) is 51.3 Å². The van der Waals surface area contributed by atoms with Gasteiger partial charge in [-0.2, -0.15) is 0 Å². The van der Waals surface area contributed by atoms with Crippen molar-refractivity contribution in [1.29, 1.82) is 0 Å². The number of amides is 2. The molecule has 2 heterocycles. The van der Waals surface area contributed by atoms with Gasteiger partial charge in [0.2, 0.25) is 0 Å². The molecule has 1 aromatic rings. The lowest BCUT2D eigenvalue weighted by Gasteiger charge is -2.46. The Morgan fingerprint density at radius 2 is 1.59 bits per heavy atom. The molecular weight excluding hydrogens is 382 g/mol. The number of thiocarbonyl (C=S) groups is 1. The number of fused-ring (bicyclic) bond motifs is 1. The van der Waals surface area contributed by atoms with Crippen LogP contribution in [-0.2, 0) is 9.59 Å². The molecule has 6 heteroatoms. The number of hydrogen-bond donors (Lipinski definition) is 0. The molecule has 0 bridgehead atoms. The molecule has 0 atom stereocenters. The fourth-order valence-corrected chi connectivity index (χ4v) is 4.61. The summed E-state index contributed by atoms with van der Waals surface area (Å²) in [5.74, 6) is -0.736. The fraction of sp³-hybridized carbons (Fsp3) is 0.435. The monoisotopic (exact) mass is 411 g/mol. The lowest BCUT2D eigenvalue weighted by Crippen LogP contribution is -2.52. The first-order valence-electron chi connectivity index (χ1n) is 9.82. The van der Waals surface area contributed by atoms with Crippen molar-refractivity contribution in [2.75, 3.05) is 19.0 Å². The summed E-state index contributed by atoms with van der Waals surface area (Å²) in [4.78, 5) is 30.5. The summed E-state index contributed by atoms with van der Waals surface area (Å²) >= 11 is 5.17. The second-order valence-electron chi connectivity index (χ2n) is 8.74. The molecule has 29 heavy (non-hydrogen) atoms. The molecule has 2 aliphatic rings. The van der Waals surface area contributed by atoms with Crippen molar-refractivity contribution in [3.05, 3.63) is 40.5 Å². The van der Waals surface area contributed by atoms with E-state index in [-0.39, 0.29) is 28.0 Å². The van der Waals surface area contributed by atoms with Gasteiger partial charge in [0, 0.05) is 31.4 Å². The number of allylic oxidation sites excluding steroid dienone is 1. The van der Waals surface area contributed by atoms with E-state index in [0.29, 0.717) is 6.04 Å². The Hall–Kier alpha value is -2.47. The van der Waals surface area contributed by atoms with E-state index in [9.17, 15) is 9.59 Å². The van der Waals surface area contributed by atoms with Gasteiger partial charge in [0.05, 0.1) is 5.54 Å². The maximum atomic E-state index is 12.7. The Balaban J connectivity index is 2.16. The predicted molar refractivity (Wildman–Crippen MR) is 123 cm³/mol. The second kappa shape index (κ2) is 7.10. The van der Waals surface area contributed by atoms with Gasteiger partial charge < -0.3 is 4.90 Å². The lowest BCUT2D eigenvalue weighted by molar-refractivity contribution is -0.132. The Bertz CT molecular complexity index is 962. The standard InChI is InChI=1S/C23H29N3O2S/c1-13(2)26-19-9-14(3)16(10-17(19)15(4)12-23(26,5)6)11-18-20(27)24(7)22(29)25(8)21(18)28/h9-13H,1-8H3. The Morgan fingerprint density at radius 1 is 1.03 bits per heavy atom. The maximum Gasteiger partial charge on any atom is 0.265 e. The van der Waals surface area contributed by atoms with Gasteiger partial charge in [-0.05, 0) is 88.7 Å². The van der Waals surface area contributed by atoms with E-state index in [1.807, 2.05) is 6.92 Å². The highest BCUT2D eigenvalue weighted by Crippen LogP contribution is 2.41. The van der Waals surface area contributed by atoms with Crippen LogP contribution in [0.15, 0.2) is 23.8 Å². The molecule has 2 aliphatic heterocycles. The van der Waals surface area contributed by atoms with E-state index in [1.54, 1.807) is 20.2 Å². The quantitative estimate of drug-likeness (QED) is 0.419. The summed E-state index contributed by atoms with van der Waals surface area (Å²) in [5.41, 5.74) is 5.43. The third-order valence-corrected chi connectivity index (χ3v) is 6.27.